The molecule has 0 amide bonds. The van der Waals surface area contributed by atoms with E-state index in [2.05, 4.69) is 22.0 Å². The molecule has 5 nitrogen and oxygen atoms in total. The van der Waals surface area contributed by atoms with Crippen LogP contribution in [0.4, 0.5) is 0 Å². The molecule has 0 radical (unpaired) electrons. The topological polar surface area (TPSA) is 76.9 Å². The van der Waals surface area contributed by atoms with Crippen molar-refractivity contribution in [2.24, 2.45) is 16.5 Å². The highest BCUT2D eigenvalue weighted by atomic mass is 127. The Labute approximate surface area is 143 Å². The number of rotatable bonds is 5. The summed E-state index contributed by atoms with van der Waals surface area (Å²) in [4.78, 5) is 6.69. The van der Waals surface area contributed by atoms with Crippen molar-refractivity contribution in [3.8, 4) is 5.75 Å². The van der Waals surface area contributed by atoms with E-state index in [0.717, 1.165) is 18.8 Å². The number of halogens is 1. The quantitative estimate of drug-likeness (QED) is 0.448. The van der Waals surface area contributed by atoms with E-state index in [-0.39, 0.29) is 36.0 Å². The van der Waals surface area contributed by atoms with E-state index in [1.54, 1.807) is 7.11 Å². The molecule has 118 valence electrons. The molecule has 0 spiro atoms. The van der Waals surface area contributed by atoms with Gasteiger partial charge in [-0.2, -0.15) is 0 Å². The molecule has 1 saturated heterocycles. The summed E-state index contributed by atoms with van der Waals surface area (Å²) in [6.45, 7) is 2.82. The molecular weight excluding hydrogens is 379 g/mol. The molecule has 2 rings (SSSR count). The molecule has 1 unspecified atom stereocenters. The number of likely N-dealkylation sites (tertiary alicyclic amines) is 1. The Hall–Kier alpha value is -1.02. The van der Waals surface area contributed by atoms with Crippen molar-refractivity contribution < 1.29 is 4.74 Å². The second-order valence-electron chi connectivity index (χ2n) is 5.15. The lowest BCUT2D eigenvalue weighted by molar-refractivity contribution is 0.168. The van der Waals surface area contributed by atoms with Gasteiger partial charge in [0.1, 0.15) is 5.75 Å². The number of guanidine groups is 1. The van der Waals surface area contributed by atoms with E-state index in [9.17, 15) is 0 Å². The van der Waals surface area contributed by atoms with E-state index in [1.165, 1.54) is 24.8 Å². The molecular formula is C15H25IN4O. The Bertz CT molecular complexity index is 439. The monoisotopic (exact) mass is 404 g/mol. The lowest BCUT2D eigenvalue weighted by Gasteiger charge is -2.34. The van der Waals surface area contributed by atoms with E-state index in [1.807, 2.05) is 12.1 Å². The molecule has 0 aliphatic carbocycles. The van der Waals surface area contributed by atoms with Crippen molar-refractivity contribution in [3.05, 3.63) is 29.8 Å². The maximum atomic E-state index is 5.48. The van der Waals surface area contributed by atoms with Gasteiger partial charge in [-0.15, -0.1) is 24.0 Å². The van der Waals surface area contributed by atoms with Gasteiger partial charge in [0.05, 0.1) is 19.7 Å². The lowest BCUT2D eigenvalue weighted by atomic mass is 10.0. The second kappa shape index (κ2) is 9.09. The smallest absolute Gasteiger partial charge is 0.185 e. The largest absolute Gasteiger partial charge is 0.497 e. The minimum atomic E-state index is 0. The predicted octanol–water partition coefficient (Wildman–Crippen LogP) is 2.11. The Kier molecular flexibility index (Phi) is 7.81. The number of methoxy groups -OCH3 is 1. The number of aliphatic imine (C=N–C) groups is 1. The molecule has 6 heteroatoms. The molecule has 4 N–H and O–H groups in total. The van der Waals surface area contributed by atoms with Crippen LogP contribution >= 0.6 is 24.0 Å². The molecule has 1 heterocycles. The van der Waals surface area contributed by atoms with Gasteiger partial charge in [0, 0.05) is 0 Å². The first-order valence-corrected chi connectivity index (χ1v) is 7.14. The highest BCUT2D eigenvalue weighted by molar-refractivity contribution is 14.0. The minimum Gasteiger partial charge on any atom is -0.497 e. The van der Waals surface area contributed by atoms with E-state index in [4.69, 9.17) is 16.2 Å². The highest BCUT2D eigenvalue weighted by Gasteiger charge is 2.22. The summed E-state index contributed by atoms with van der Waals surface area (Å²) < 4.78 is 5.21. The first-order valence-electron chi connectivity index (χ1n) is 7.14. The average Bonchev–Trinajstić information content (AvgIpc) is 2.49. The normalized spacial score (nSPS) is 16.6. The van der Waals surface area contributed by atoms with Crippen molar-refractivity contribution in [1.82, 2.24) is 4.90 Å². The van der Waals surface area contributed by atoms with Crippen LogP contribution in [0.5, 0.6) is 5.75 Å². The Morgan fingerprint density at radius 2 is 1.81 bits per heavy atom. The number of hydrogen-bond acceptors (Lipinski definition) is 3. The number of benzene rings is 1. The van der Waals surface area contributed by atoms with Crippen molar-refractivity contribution >= 4 is 29.9 Å². The van der Waals surface area contributed by atoms with Crippen molar-refractivity contribution in [2.75, 3.05) is 26.7 Å². The minimum absolute atomic E-state index is 0. The summed E-state index contributed by atoms with van der Waals surface area (Å²) >= 11 is 0. The lowest BCUT2D eigenvalue weighted by Crippen LogP contribution is -2.36. The standard InChI is InChI=1S/C15H24N4O.HI/c1-20-13-7-5-12(6-8-13)14(11-18-15(16)17)19-9-3-2-4-10-19;/h5-8,14H,2-4,9-11H2,1H3,(H4,16,17,18);1H. The van der Waals surface area contributed by atoms with Crippen LogP contribution in [0.1, 0.15) is 30.9 Å². The third-order valence-corrected chi connectivity index (χ3v) is 3.78. The zero-order valence-electron chi connectivity index (χ0n) is 12.5. The predicted molar refractivity (Wildman–Crippen MR) is 97.3 cm³/mol. The van der Waals surface area contributed by atoms with Crippen LogP contribution in [0.25, 0.3) is 0 Å². The summed E-state index contributed by atoms with van der Waals surface area (Å²) in [5.41, 5.74) is 12.2. The SMILES string of the molecule is COc1ccc(C(CN=C(N)N)N2CCCCC2)cc1.I. The molecule has 1 aromatic rings. The van der Waals surface area contributed by atoms with Gasteiger partial charge in [0.15, 0.2) is 5.96 Å². The van der Waals surface area contributed by atoms with Gasteiger partial charge < -0.3 is 16.2 Å². The Balaban J connectivity index is 0.00000220. The van der Waals surface area contributed by atoms with Gasteiger partial charge in [-0.3, -0.25) is 9.89 Å². The highest BCUT2D eigenvalue weighted by Crippen LogP contribution is 2.26. The number of nitrogens with zero attached hydrogens (tertiary/aromatic N) is 2. The van der Waals surface area contributed by atoms with Crippen LogP contribution < -0.4 is 16.2 Å². The van der Waals surface area contributed by atoms with Crippen molar-refractivity contribution in [3.63, 3.8) is 0 Å². The zero-order valence-corrected chi connectivity index (χ0v) is 14.8. The second-order valence-corrected chi connectivity index (χ2v) is 5.15. The van der Waals surface area contributed by atoms with Gasteiger partial charge in [-0.1, -0.05) is 18.6 Å². The third kappa shape index (κ3) is 5.35. The zero-order chi connectivity index (χ0) is 14.4. The fourth-order valence-corrected chi connectivity index (χ4v) is 2.68. The van der Waals surface area contributed by atoms with E-state index < -0.39 is 0 Å². The summed E-state index contributed by atoms with van der Waals surface area (Å²) in [7, 11) is 1.68. The summed E-state index contributed by atoms with van der Waals surface area (Å²) in [5.74, 6) is 1.02. The fraction of sp³-hybridized carbons (Fsp3) is 0.533. The van der Waals surface area contributed by atoms with Gasteiger partial charge in [0.2, 0.25) is 0 Å². The van der Waals surface area contributed by atoms with Crippen molar-refractivity contribution in [2.45, 2.75) is 25.3 Å². The fourth-order valence-electron chi connectivity index (χ4n) is 2.68. The van der Waals surface area contributed by atoms with Crippen LogP contribution in [0.3, 0.4) is 0 Å². The summed E-state index contributed by atoms with van der Waals surface area (Å²) in [6, 6.07) is 8.41. The van der Waals surface area contributed by atoms with Crippen LogP contribution in [-0.2, 0) is 0 Å². The first kappa shape index (κ1) is 18.0. The van der Waals surface area contributed by atoms with E-state index in [0.29, 0.717) is 6.54 Å². The molecule has 0 saturated carbocycles. The summed E-state index contributed by atoms with van der Waals surface area (Å²) in [6.07, 6.45) is 3.80. The number of ether oxygens (including phenoxy) is 1. The molecule has 21 heavy (non-hydrogen) atoms. The average molecular weight is 404 g/mol. The van der Waals surface area contributed by atoms with Crippen LogP contribution in [0, 0.1) is 0 Å². The molecule has 1 aromatic carbocycles. The summed E-state index contributed by atoms with van der Waals surface area (Å²) in [5, 5.41) is 0. The number of hydrogen-bond donors (Lipinski definition) is 2. The maximum Gasteiger partial charge on any atom is 0.185 e. The molecule has 1 aliphatic rings. The van der Waals surface area contributed by atoms with Crippen LogP contribution in [0.15, 0.2) is 29.3 Å². The van der Waals surface area contributed by atoms with Gasteiger partial charge in [-0.05, 0) is 43.6 Å². The Morgan fingerprint density at radius 3 is 2.33 bits per heavy atom. The van der Waals surface area contributed by atoms with Gasteiger partial charge >= 0.3 is 0 Å². The van der Waals surface area contributed by atoms with Crippen molar-refractivity contribution in [1.29, 1.82) is 0 Å². The van der Waals surface area contributed by atoms with Crippen LogP contribution in [0.2, 0.25) is 0 Å². The van der Waals surface area contributed by atoms with Gasteiger partial charge in [-0.25, -0.2) is 0 Å². The maximum absolute atomic E-state index is 5.48. The number of nitrogens with two attached hydrogens (primary N) is 2. The van der Waals surface area contributed by atoms with Gasteiger partial charge in [0.25, 0.3) is 0 Å². The first-order chi connectivity index (χ1) is 9.70. The third-order valence-electron chi connectivity index (χ3n) is 3.78. The number of piperidine rings is 1. The molecule has 1 fully saturated rings. The molecule has 0 bridgehead atoms. The molecule has 1 atom stereocenters. The van der Waals surface area contributed by atoms with E-state index >= 15 is 0 Å². The molecule has 1 aliphatic heterocycles. The molecule has 0 aromatic heterocycles. The Morgan fingerprint density at radius 1 is 1.19 bits per heavy atom. The van der Waals surface area contributed by atoms with Crippen LogP contribution in [-0.4, -0.2) is 37.6 Å².